The van der Waals surface area contributed by atoms with Crippen molar-refractivity contribution >= 4 is 0 Å². The zero-order chi connectivity index (χ0) is 13.4. The van der Waals surface area contributed by atoms with Crippen LogP contribution in [0.5, 0.6) is 0 Å². The highest BCUT2D eigenvalue weighted by Crippen LogP contribution is 2.28. The molecule has 0 radical (unpaired) electrons. The Balaban J connectivity index is 1.90. The fourth-order valence-corrected chi connectivity index (χ4v) is 3.13. The number of nitrogens with zero attached hydrogens (tertiary/aromatic N) is 2. The molecule has 0 aliphatic carbocycles. The lowest BCUT2D eigenvalue weighted by atomic mass is 9.94. The minimum atomic E-state index is -0.437. The number of hydrazine groups is 1. The molecule has 0 aromatic heterocycles. The quantitative estimate of drug-likeness (QED) is 0.618. The summed E-state index contributed by atoms with van der Waals surface area (Å²) < 4.78 is 27.2. The first-order chi connectivity index (χ1) is 9.19. The second kappa shape index (κ2) is 5.13. The second-order valence-electron chi connectivity index (χ2n) is 5.21. The third-order valence-electron chi connectivity index (χ3n) is 4.18. The summed E-state index contributed by atoms with van der Waals surface area (Å²) in [5, 5.41) is 0. The molecular weight excluding hydrogens is 250 g/mol. The SMILES string of the molecule is NNC(c1cc(F)ccc1F)C1CN2CCN1CC2. The van der Waals surface area contributed by atoms with Crippen LogP contribution in [-0.4, -0.2) is 48.6 Å². The first-order valence-electron chi connectivity index (χ1n) is 6.56. The van der Waals surface area contributed by atoms with Crippen molar-refractivity contribution in [3.05, 3.63) is 35.4 Å². The topological polar surface area (TPSA) is 44.5 Å². The zero-order valence-electron chi connectivity index (χ0n) is 10.6. The van der Waals surface area contributed by atoms with Crippen molar-refractivity contribution in [1.29, 1.82) is 0 Å². The highest BCUT2D eigenvalue weighted by atomic mass is 19.1. The van der Waals surface area contributed by atoms with E-state index in [2.05, 4.69) is 15.2 Å². The molecule has 104 valence electrons. The Kier molecular flexibility index (Phi) is 3.49. The van der Waals surface area contributed by atoms with Gasteiger partial charge in [0.2, 0.25) is 0 Å². The van der Waals surface area contributed by atoms with Crippen molar-refractivity contribution in [2.45, 2.75) is 12.1 Å². The van der Waals surface area contributed by atoms with Crippen LogP contribution in [0.3, 0.4) is 0 Å². The van der Waals surface area contributed by atoms with E-state index in [0.29, 0.717) is 5.56 Å². The number of piperazine rings is 3. The fraction of sp³-hybridized carbons (Fsp3) is 0.538. The van der Waals surface area contributed by atoms with Crippen LogP contribution in [0.4, 0.5) is 8.78 Å². The predicted octanol–water partition coefficient (Wildman–Crippen LogP) is 0.469. The van der Waals surface area contributed by atoms with E-state index in [4.69, 9.17) is 5.84 Å². The molecule has 3 heterocycles. The van der Waals surface area contributed by atoms with Gasteiger partial charge in [-0.15, -0.1) is 0 Å². The lowest BCUT2D eigenvalue weighted by molar-refractivity contribution is -0.00424. The van der Waals surface area contributed by atoms with E-state index in [1.54, 1.807) is 0 Å². The number of hydrogen-bond donors (Lipinski definition) is 2. The molecule has 19 heavy (non-hydrogen) atoms. The summed E-state index contributed by atoms with van der Waals surface area (Å²) in [7, 11) is 0. The summed E-state index contributed by atoms with van der Waals surface area (Å²) in [5.41, 5.74) is 2.97. The standard InChI is InChI=1S/C13H18F2N4/c14-9-1-2-11(15)10(7-9)13(17-16)12-8-18-3-5-19(12)6-4-18/h1-2,7,12-13,17H,3-6,8,16H2. The molecule has 3 fully saturated rings. The van der Waals surface area contributed by atoms with Gasteiger partial charge in [-0.25, -0.2) is 8.78 Å². The molecule has 2 bridgehead atoms. The summed E-state index contributed by atoms with van der Waals surface area (Å²) in [6.45, 7) is 4.84. The molecule has 4 nitrogen and oxygen atoms in total. The van der Waals surface area contributed by atoms with Gasteiger partial charge >= 0.3 is 0 Å². The number of rotatable bonds is 3. The molecule has 1 aromatic carbocycles. The van der Waals surface area contributed by atoms with Crippen LogP contribution in [-0.2, 0) is 0 Å². The van der Waals surface area contributed by atoms with Crippen molar-refractivity contribution < 1.29 is 8.78 Å². The van der Waals surface area contributed by atoms with Crippen LogP contribution in [0, 0.1) is 11.6 Å². The largest absolute Gasteiger partial charge is 0.299 e. The summed E-state index contributed by atoms with van der Waals surface area (Å²) >= 11 is 0. The molecule has 2 atom stereocenters. The van der Waals surface area contributed by atoms with Crippen LogP contribution < -0.4 is 11.3 Å². The Morgan fingerprint density at radius 1 is 1.21 bits per heavy atom. The fourth-order valence-electron chi connectivity index (χ4n) is 3.13. The molecule has 2 unspecified atom stereocenters. The van der Waals surface area contributed by atoms with E-state index in [0.717, 1.165) is 44.9 Å². The lowest BCUT2D eigenvalue weighted by Crippen LogP contribution is -2.64. The van der Waals surface area contributed by atoms with Crippen molar-refractivity contribution in [3.63, 3.8) is 0 Å². The zero-order valence-corrected chi connectivity index (χ0v) is 10.6. The summed E-state index contributed by atoms with van der Waals surface area (Å²) in [6, 6.07) is 3.22. The van der Waals surface area contributed by atoms with Crippen molar-refractivity contribution in [2.75, 3.05) is 32.7 Å². The summed E-state index contributed by atoms with van der Waals surface area (Å²) in [6.07, 6.45) is 0. The highest BCUT2D eigenvalue weighted by molar-refractivity contribution is 5.24. The van der Waals surface area contributed by atoms with E-state index >= 15 is 0 Å². The Bertz CT molecular complexity index is 460. The van der Waals surface area contributed by atoms with Gasteiger partial charge in [-0.05, 0) is 18.2 Å². The van der Waals surface area contributed by atoms with Gasteiger partial charge in [-0.2, -0.15) is 0 Å². The third-order valence-corrected chi connectivity index (χ3v) is 4.18. The highest BCUT2D eigenvalue weighted by Gasteiger charge is 2.37. The molecule has 6 heteroatoms. The van der Waals surface area contributed by atoms with Crippen LogP contribution in [0.1, 0.15) is 11.6 Å². The maximum atomic E-state index is 13.9. The molecule has 0 saturated carbocycles. The molecule has 3 saturated heterocycles. The Morgan fingerprint density at radius 2 is 1.95 bits per heavy atom. The molecule has 0 amide bonds. The van der Waals surface area contributed by atoms with Gasteiger partial charge < -0.3 is 0 Å². The monoisotopic (exact) mass is 268 g/mol. The minimum Gasteiger partial charge on any atom is -0.299 e. The van der Waals surface area contributed by atoms with Gasteiger partial charge in [0.1, 0.15) is 11.6 Å². The molecule has 0 spiro atoms. The van der Waals surface area contributed by atoms with E-state index in [1.807, 2.05) is 0 Å². The van der Waals surface area contributed by atoms with Gasteiger partial charge in [0.25, 0.3) is 0 Å². The number of nitrogens with one attached hydrogen (secondary N) is 1. The molecular formula is C13H18F2N4. The lowest BCUT2D eigenvalue weighted by Gasteiger charge is -2.50. The third kappa shape index (κ3) is 2.36. The molecule has 3 N–H and O–H groups in total. The van der Waals surface area contributed by atoms with E-state index in [9.17, 15) is 8.78 Å². The van der Waals surface area contributed by atoms with Gasteiger partial charge in [0, 0.05) is 44.3 Å². The minimum absolute atomic E-state index is 0.0869. The van der Waals surface area contributed by atoms with Crippen molar-refractivity contribution in [1.82, 2.24) is 15.2 Å². The normalized spacial score (nSPS) is 31.4. The number of benzene rings is 1. The van der Waals surface area contributed by atoms with Gasteiger partial charge in [0.05, 0.1) is 6.04 Å². The Morgan fingerprint density at radius 3 is 2.53 bits per heavy atom. The molecule has 3 aliphatic rings. The van der Waals surface area contributed by atoms with Crippen LogP contribution in [0.2, 0.25) is 0 Å². The van der Waals surface area contributed by atoms with E-state index in [1.165, 1.54) is 6.07 Å². The predicted molar refractivity (Wildman–Crippen MR) is 68.2 cm³/mol. The molecule has 3 aliphatic heterocycles. The van der Waals surface area contributed by atoms with Gasteiger partial charge in [0.15, 0.2) is 0 Å². The van der Waals surface area contributed by atoms with Crippen LogP contribution in [0.15, 0.2) is 18.2 Å². The Labute approximate surface area is 111 Å². The Hall–Kier alpha value is -1.08. The van der Waals surface area contributed by atoms with Gasteiger partial charge in [-0.1, -0.05) is 0 Å². The van der Waals surface area contributed by atoms with Crippen molar-refractivity contribution in [2.24, 2.45) is 5.84 Å². The van der Waals surface area contributed by atoms with Gasteiger partial charge in [-0.3, -0.25) is 21.1 Å². The smallest absolute Gasteiger partial charge is 0.128 e. The van der Waals surface area contributed by atoms with E-state index in [-0.39, 0.29) is 6.04 Å². The van der Waals surface area contributed by atoms with Crippen LogP contribution >= 0.6 is 0 Å². The average Bonchev–Trinajstić information content (AvgIpc) is 2.45. The number of nitrogens with two attached hydrogens (primary N) is 1. The first-order valence-corrected chi connectivity index (χ1v) is 6.56. The number of hydrogen-bond acceptors (Lipinski definition) is 4. The average molecular weight is 268 g/mol. The maximum absolute atomic E-state index is 13.9. The maximum Gasteiger partial charge on any atom is 0.128 e. The summed E-state index contributed by atoms with van der Waals surface area (Å²) in [5.74, 6) is 4.75. The molecule has 4 rings (SSSR count). The summed E-state index contributed by atoms with van der Waals surface area (Å²) in [4.78, 5) is 4.64. The van der Waals surface area contributed by atoms with E-state index < -0.39 is 17.7 Å². The molecule has 1 aromatic rings. The number of halogens is 2. The first kappa shape index (κ1) is 12.9. The van der Waals surface area contributed by atoms with Crippen LogP contribution in [0.25, 0.3) is 0 Å². The van der Waals surface area contributed by atoms with Crippen molar-refractivity contribution in [3.8, 4) is 0 Å². The second-order valence-corrected chi connectivity index (χ2v) is 5.21. The number of fused-ring (bicyclic) bond motifs is 3.